The number of fused-ring (bicyclic) bond motifs is 1. The Morgan fingerprint density at radius 2 is 1.96 bits per heavy atom. The van der Waals surface area contributed by atoms with Crippen molar-refractivity contribution in [3.8, 4) is 5.75 Å². The van der Waals surface area contributed by atoms with Crippen molar-refractivity contribution < 1.29 is 9.53 Å². The highest BCUT2D eigenvalue weighted by atomic mass is 16.5. The third-order valence-corrected chi connectivity index (χ3v) is 4.52. The SMILES string of the molecule is COc1ccc(C)cc1CCNC(=O)Cc1c(C)[nH]c2ccccc12. The number of methoxy groups -OCH3 is 1. The largest absolute Gasteiger partial charge is 0.496 e. The van der Waals surface area contributed by atoms with Gasteiger partial charge in [-0.3, -0.25) is 4.79 Å². The molecule has 130 valence electrons. The topological polar surface area (TPSA) is 54.1 Å². The van der Waals surface area contributed by atoms with Crippen molar-refractivity contribution in [1.82, 2.24) is 10.3 Å². The summed E-state index contributed by atoms with van der Waals surface area (Å²) in [6, 6.07) is 14.2. The summed E-state index contributed by atoms with van der Waals surface area (Å²) in [5.41, 5.74) is 5.51. The summed E-state index contributed by atoms with van der Waals surface area (Å²) >= 11 is 0. The smallest absolute Gasteiger partial charge is 0.224 e. The number of ether oxygens (including phenoxy) is 1. The molecule has 0 aliphatic rings. The second-order valence-corrected chi connectivity index (χ2v) is 6.37. The molecule has 0 spiro atoms. The monoisotopic (exact) mass is 336 g/mol. The van der Waals surface area contributed by atoms with Crippen molar-refractivity contribution in [3.63, 3.8) is 0 Å². The lowest BCUT2D eigenvalue weighted by molar-refractivity contribution is -0.120. The fourth-order valence-electron chi connectivity index (χ4n) is 3.22. The van der Waals surface area contributed by atoms with Gasteiger partial charge in [0, 0.05) is 23.1 Å². The van der Waals surface area contributed by atoms with E-state index in [-0.39, 0.29) is 5.91 Å². The van der Waals surface area contributed by atoms with Gasteiger partial charge in [-0.15, -0.1) is 0 Å². The van der Waals surface area contributed by atoms with Crippen LogP contribution in [-0.4, -0.2) is 24.5 Å². The molecule has 1 aromatic heterocycles. The summed E-state index contributed by atoms with van der Waals surface area (Å²) in [4.78, 5) is 15.7. The minimum Gasteiger partial charge on any atom is -0.496 e. The molecule has 3 rings (SSSR count). The Morgan fingerprint density at radius 1 is 1.16 bits per heavy atom. The zero-order chi connectivity index (χ0) is 17.8. The highest BCUT2D eigenvalue weighted by Gasteiger charge is 2.12. The van der Waals surface area contributed by atoms with Crippen LogP contribution in [0.15, 0.2) is 42.5 Å². The maximum Gasteiger partial charge on any atom is 0.224 e. The highest BCUT2D eigenvalue weighted by molar-refractivity contribution is 5.90. The number of benzene rings is 2. The first-order chi connectivity index (χ1) is 12.1. The zero-order valence-corrected chi connectivity index (χ0v) is 15.0. The highest BCUT2D eigenvalue weighted by Crippen LogP contribution is 2.22. The Balaban J connectivity index is 1.62. The molecule has 0 radical (unpaired) electrons. The lowest BCUT2D eigenvalue weighted by Gasteiger charge is -2.10. The molecule has 25 heavy (non-hydrogen) atoms. The van der Waals surface area contributed by atoms with Crippen LogP contribution in [0.2, 0.25) is 0 Å². The summed E-state index contributed by atoms with van der Waals surface area (Å²) in [7, 11) is 1.67. The number of rotatable bonds is 6. The first-order valence-electron chi connectivity index (χ1n) is 8.55. The van der Waals surface area contributed by atoms with E-state index >= 15 is 0 Å². The number of aryl methyl sites for hydroxylation is 2. The van der Waals surface area contributed by atoms with E-state index in [2.05, 4.69) is 29.4 Å². The minimum atomic E-state index is 0.0412. The van der Waals surface area contributed by atoms with Gasteiger partial charge in [0.05, 0.1) is 13.5 Å². The van der Waals surface area contributed by atoms with Crippen molar-refractivity contribution >= 4 is 16.8 Å². The van der Waals surface area contributed by atoms with E-state index in [1.807, 2.05) is 37.3 Å². The van der Waals surface area contributed by atoms with Gasteiger partial charge in [0.15, 0.2) is 0 Å². The van der Waals surface area contributed by atoms with Gasteiger partial charge in [0.2, 0.25) is 5.91 Å². The van der Waals surface area contributed by atoms with Crippen LogP contribution in [0, 0.1) is 13.8 Å². The minimum absolute atomic E-state index is 0.0412. The lowest BCUT2D eigenvalue weighted by Crippen LogP contribution is -2.27. The van der Waals surface area contributed by atoms with Crippen LogP contribution in [0.5, 0.6) is 5.75 Å². The third kappa shape index (κ3) is 3.85. The zero-order valence-electron chi connectivity index (χ0n) is 15.0. The summed E-state index contributed by atoms with van der Waals surface area (Å²) in [6.45, 7) is 4.67. The van der Waals surface area contributed by atoms with E-state index in [1.54, 1.807) is 7.11 Å². The molecule has 1 amide bonds. The average Bonchev–Trinajstić information content (AvgIpc) is 2.91. The Labute approximate surface area is 148 Å². The molecular formula is C21H24N2O2. The number of hydrogen-bond acceptors (Lipinski definition) is 2. The summed E-state index contributed by atoms with van der Waals surface area (Å²) in [5, 5.41) is 4.14. The van der Waals surface area contributed by atoms with Crippen molar-refractivity contribution in [3.05, 3.63) is 64.8 Å². The van der Waals surface area contributed by atoms with Crippen LogP contribution < -0.4 is 10.1 Å². The van der Waals surface area contributed by atoms with Crippen LogP contribution in [0.3, 0.4) is 0 Å². The molecule has 0 bridgehead atoms. The molecule has 1 heterocycles. The molecule has 0 aliphatic carbocycles. The molecule has 0 saturated carbocycles. The van der Waals surface area contributed by atoms with Crippen LogP contribution >= 0.6 is 0 Å². The molecular weight excluding hydrogens is 312 g/mol. The number of nitrogens with one attached hydrogen (secondary N) is 2. The second kappa shape index (κ2) is 7.43. The van der Waals surface area contributed by atoms with Gasteiger partial charge in [-0.1, -0.05) is 35.9 Å². The fourth-order valence-corrected chi connectivity index (χ4v) is 3.22. The van der Waals surface area contributed by atoms with Crippen LogP contribution in [0.4, 0.5) is 0 Å². The number of aromatic nitrogens is 1. The maximum absolute atomic E-state index is 12.4. The van der Waals surface area contributed by atoms with E-state index in [0.717, 1.165) is 39.9 Å². The molecule has 0 aliphatic heterocycles. The van der Waals surface area contributed by atoms with Gasteiger partial charge in [-0.2, -0.15) is 0 Å². The molecule has 0 unspecified atom stereocenters. The second-order valence-electron chi connectivity index (χ2n) is 6.37. The molecule has 2 N–H and O–H groups in total. The van der Waals surface area contributed by atoms with Crippen LogP contribution in [0.25, 0.3) is 10.9 Å². The standard InChI is InChI=1S/C21H24N2O2/c1-14-8-9-20(25-3)16(12-14)10-11-22-21(24)13-18-15(2)23-19-7-5-4-6-17(18)19/h4-9,12,23H,10-11,13H2,1-3H3,(H,22,24). The van der Waals surface area contributed by atoms with Gasteiger partial charge < -0.3 is 15.0 Å². The average molecular weight is 336 g/mol. The van der Waals surface area contributed by atoms with E-state index in [0.29, 0.717) is 13.0 Å². The molecule has 4 heteroatoms. The number of carbonyl (C=O) groups excluding carboxylic acids is 1. The maximum atomic E-state index is 12.4. The summed E-state index contributed by atoms with van der Waals surface area (Å²) < 4.78 is 5.39. The molecule has 0 fully saturated rings. The molecule has 0 saturated heterocycles. The number of aromatic amines is 1. The third-order valence-electron chi connectivity index (χ3n) is 4.52. The number of H-pyrrole nitrogens is 1. The van der Waals surface area contributed by atoms with Crippen molar-refractivity contribution in [2.45, 2.75) is 26.7 Å². The first kappa shape index (κ1) is 17.1. The van der Waals surface area contributed by atoms with E-state index in [1.165, 1.54) is 5.56 Å². The quantitative estimate of drug-likeness (QED) is 0.721. The normalized spacial score (nSPS) is 10.8. The number of carbonyl (C=O) groups is 1. The van der Waals surface area contributed by atoms with Crippen molar-refractivity contribution in [2.75, 3.05) is 13.7 Å². The Hall–Kier alpha value is -2.75. The number of hydrogen-bond donors (Lipinski definition) is 2. The Bertz CT molecular complexity index is 896. The molecule has 3 aromatic rings. The fraction of sp³-hybridized carbons (Fsp3) is 0.286. The van der Waals surface area contributed by atoms with Gasteiger partial charge in [0.1, 0.15) is 5.75 Å². The van der Waals surface area contributed by atoms with Gasteiger partial charge in [0.25, 0.3) is 0 Å². The van der Waals surface area contributed by atoms with Crippen LogP contribution in [0.1, 0.15) is 22.4 Å². The van der Waals surface area contributed by atoms with E-state index in [9.17, 15) is 4.79 Å². The van der Waals surface area contributed by atoms with Crippen LogP contribution in [-0.2, 0) is 17.6 Å². The van der Waals surface area contributed by atoms with Gasteiger partial charge >= 0.3 is 0 Å². The molecule has 2 aromatic carbocycles. The van der Waals surface area contributed by atoms with Gasteiger partial charge in [-0.25, -0.2) is 0 Å². The van der Waals surface area contributed by atoms with E-state index < -0.39 is 0 Å². The van der Waals surface area contributed by atoms with Gasteiger partial charge in [-0.05, 0) is 43.5 Å². The van der Waals surface area contributed by atoms with E-state index in [4.69, 9.17) is 4.74 Å². The Kier molecular flexibility index (Phi) is 5.08. The van der Waals surface area contributed by atoms with Crippen molar-refractivity contribution in [2.24, 2.45) is 0 Å². The predicted molar refractivity (Wildman–Crippen MR) is 101 cm³/mol. The first-order valence-corrected chi connectivity index (χ1v) is 8.55. The Morgan fingerprint density at radius 3 is 2.76 bits per heavy atom. The summed E-state index contributed by atoms with van der Waals surface area (Å²) in [6.07, 6.45) is 1.14. The number of para-hydroxylation sites is 1. The molecule has 4 nitrogen and oxygen atoms in total. The van der Waals surface area contributed by atoms with Crippen molar-refractivity contribution in [1.29, 1.82) is 0 Å². The lowest BCUT2D eigenvalue weighted by atomic mass is 10.1. The molecule has 0 atom stereocenters. The predicted octanol–water partition coefficient (Wildman–Crippen LogP) is 3.69. The summed E-state index contributed by atoms with van der Waals surface area (Å²) in [5.74, 6) is 0.909. The number of amides is 1.